The molecule has 1 atom stereocenters. The summed E-state index contributed by atoms with van der Waals surface area (Å²) < 4.78 is 6.65. The van der Waals surface area contributed by atoms with Gasteiger partial charge >= 0.3 is 0 Å². The van der Waals surface area contributed by atoms with Gasteiger partial charge in [0.15, 0.2) is 0 Å². The van der Waals surface area contributed by atoms with Gasteiger partial charge in [-0.1, -0.05) is 176 Å². The van der Waals surface area contributed by atoms with Crippen molar-refractivity contribution in [3.05, 3.63) is 239 Å². The predicted octanol–water partition coefficient (Wildman–Crippen LogP) is 13.3. The predicted molar refractivity (Wildman–Crippen MR) is 223 cm³/mol. The molecule has 0 radical (unpaired) electrons. The third kappa shape index (κ3) is 3.42. The smallest absolute Gasteiger partial charge is 0.132 e. The number of hydrogen-bond donors (Lipinski definition) is 0. The molecule has 1 aliphatic heterocycles. The Morgan fingerprint density at radius 2 is 0.782 bits per heavy atom. The Morgan fingerprint density at radius 1 is 0.291 bits per heavy atom. The van der Waals surface area contributed by atoms with Crippen LogP contribution in [0.4, 0.5) is 0 Å². The molecule has 55 heavy (non-hydrogen) atoms. The van der Waals surface area contributed by atoms with Gasteiger partial charge in [0, 0.05) is 11.1 Å². The van der Waals surface area contributed by atoms with Gasteiger partial charge < -0.3 is 4.74 Å². The monoisotopic (exact) mass is 696 g/mol. The second-order valence-corrected chi connectivity index (χ2v) is 15.4. The fourth-order valence-electron chi connectivity index (χ4n) is 11.2. The highest BCUT2D eigenvalue weighted by Gasteiger charge is 2.54. The maximum absolute atomic E-state index is 6.65. The summed E-state index contributed by atoms with van der Waals surface area (Å²) in [4.78, 5) is 0. The zero-order chi connectivity index (χ0) is 35.9. The minimum Gasteiger partial charge on any atom is -0.457 e. The summed E-state index contributed by atoms with van der Waals surface area (Å²) in [5.41, 5.74) is 19.8. The molecule has 0 aromatic heterocycles. The molecule has 254 valence electrons. The topological polar surface area (TPSA) is 9.23 Å². The molecule has 3 aliphatic carbocycles. The van der Waals surface area contributed by atoms with Crippen LogP contribution in [-0.2, 0) is 10.8 Å². The second kappa shape index (κ2) is 10.4. The first-order valence-corrected chi connectivity index (χ1v) is 19.3. The van der Waals surface area contributed by atoms with Crippen LogP contribution < -0.4 is 4.74 Å². The summed E-state index contributed by atoms with van der Waals surface area (Å²) in [7, 11) is 0. The molecular formula is C54H32O. The van der Waals surface area contributed by atoms with Crippen molar-refractivity contribution in [2.24, 2.45) is 0 Å². The lowest BCUT2D eigenvalue weighted by Gasteiger charge is -2.39. The van der Waals surface area contributed by atoms with E-state index >= 15 is 0 Å². The zero-order valence-electron chi connectivity index (χ0n) is 29.9. The van der Waals surface area contributed by atoms with Crippen molar-refractivity contribution < 1.29 is 4.74 Å². The van der Waals surface area contributed by atoms with Crippen LogP contribution in [0.3, 0.4) is 0 Å². The van der Waals surface area contributed by atoms with E-state index in [1.807, 2.05) is 0 Å². The van der Waals surface area contributed by atoms with Crippen molar-refractivity contribution in [1.29, 1.82) is 0 Å². The van der Waals surface area contributed by atoms with Crippen LogP contribution in [0.15, 0.2) is 194 Å². The number of rotatable bonds is 1. The molecule has 2 spiro atoms. The lowest BCUT2D eigenvalue weighted by molar-refractivity contribution is 0.436. The summed E-state index contributed by atoms with van der Waals surface area (Å²) in [6.07, 6.45) is 0. The number of hydrogen-bond acceptors (Lipinski definition) is 1. The summed E-state index contributed by atoms with van der Waals surface area (Å²) >= 11 is 0. The molecule has 9 aromatic carbocycles. The third-order valence-corrected chi connectivity index (χ3v) is 13.2. The van der Waals surface area contributed by atoms with Gasteiger partial charge in [0.25, 0.3) is 0 Å². The van der Waals surface area contributed by atoms with Gasteiger partial charge in [-0.3, -0.25) is 0 Å². The fraction of sp³-hybridized carbons (Fsp3) is 0.0370. The van der Waals surface area contributed by atoms with Gasteiger partial charge in [-0.25, -0.2) is 0 Å². The minimum atomic E-state index is -0.519. The first-order chi connectivity index (χ1) is 27.3. The Morgan fingerprint density at radius 3 is 1.51 bits per heavy atom. The number of para-hydroxylation sites is 2. The van der Waals surface area contributed by atoms with Gasteiger partial charge in [0.1, 0.15) is 11.5 Å². The first-order valence-electron chi connectivity index (χ1n) is 19.3. The van der Waals surface area contributed by atoms with Crippen molar-refractivity contribution in [3.8, 4) is 56.0 Å². The lowest BCUT2D eigenvalue weighted by Crippen LogP contribution is -2.32. The van der Waals surface area contributed by atoms with Crippen LogP contribution in [0.5, 0.6) is 11.5 Å². The number of benzene rings is 9. The van der Waals surface area contributed by atoms with E-state index in [1.54, 1.807) is 0 Å². The quantitative estimate of drug-likeness (QED) is 0.166. The van der Waals surface area contributed by atoms with Crippen molar-refractivity contribution in [2.75, 3.05) is 0 Å². The molecule has 1 unspecified atom stereocenters. The molecule has 0 amide bonds. The zero-order valence-corrected chi connectivity index (χ0v) is 29.9. The van der Waals surface area contributed by atoms with Gasteiger partial charge in [-0.05, 0) is 107 Å². The Bertz CT molecular complexity index is 3100. The highest BCUT2D eigenvalue weighted by Crippen LogP contribution is 2.66. The summed E-state index contributed by atoms with van der Waals surface area (Å²) in [5, 5.41) is 2.59. The van der Waals surface area contributed by atoms with Crippen LogP contribution in [-0.4, -0.2) is 0 Å². The molecule has 4 aliphatic rings. The van der Waals surface area contributed by atoms with Gasteiger partial charge in [-0.2, -0.15) is 0 Å². The molecule has 1 heteroatoms. The largest absolute Gasteiger partial charge is 0.457 e. The SMILES string of the molecule is c1ccc2c(c1)Oc1ccccc1C21c2ccccc2-c2ccc(-c3cccc4c3-c3ccccc3C43c4ccccc4-c4c3ccc3ccccc43)cc21. The van der Waals surface area contributed by atoms with E-state index in [0.29, 0.717) is 0 Å². The molecule has 0 N–H and O–H groups in total. The van der Waals surface area contributed by atoms with Crippen LogP contribution in [0.1, 0.15) is 44.5 Å². The average molecular weight is 697 g/mol. The van der Waals surface area contributed by atoms with Crippen LogP contribution in [0.25, 0.3) is 55.3 Å². The number of ether oxygens (including phenoxy) is 1. The van der Waals surface area contributed by atoms with Gasteiger partial charge in [-0.15, -0.1) is 0 Å². The Kier molecular flexibility index (Phi) is 5.56. The molecule has 0 saturated carbocycles. The molecule has 1 heterocycles. The van der Waals surface area contributed by atoms with E-state index in [4.69, 9.17) is 4.74 Å². The molecule has 13 rings (SSSR count). The van der Waals surface area contributed by atoms with Crippen LogP contribution in [0.2, 0.25) is 0 Å². The van der Waals surface area contributed by atoms with Crippen LogP contribution in [0, 0.1) is 0 Å². The molecule has 1 nitrogen and oxygen atoms in total. The Balaban J connectivity index is 1.12. The molecule has 0 saturated heterocycles. The number of fused-ring (bicyclic) bond motifs is 21. The van der Waals surface area contributed by atoms with E-state index in [0.717, 1.165) is 11.5 Å². The van der Waals surface area contributed by atoms with Crippen molar-refractivity contribution >= 4 is 10.8 Å². The normalized spacial score (nSPS) is 16.7. The third-order valence-electron chi connectivity index (χ3n) is 13.2. The summed E-state index contributed by atoms with van der Waals surface area (Å²) in [6.45, 7) is 0. The molecule has 9 aromatic rings. The fourth-order valence-corrected chi connectivity index (χ4v) is 11.2. The lowest BCUT2D eigenvalue weighted by atomic mass is 9.66. The van der Waals surface area contributed by atoms with Crippen LogP contribution >= 0.6 is 0 Å². The summed E-state index contributed by atoms with van der Waals surface area (Å²) in [5.74, 6) is 1.83. The highest BCUT2D eigenvalue weighted by atomic mass is 16.5. The minimum absolute atomic E-state index is 0.426. The Labute approximate surface area is 319 Å². The van der Waals surface area contributed by atoms with Crippen molar-refractivity contribution in [2.45, 2.75) is 10.8 Å². The average Bonchev–Trinajstić information content (AvgIpc) is 3.84. The van der Waals surface area contributed by atoms with E-state index in [1.165, 1.54) is 99.8 Å². The van der Waals surface area contributed by atoms with E-state index in [-0.39, 0.29) is 0 Å². The van der Waals surface area contributed by atoms with E-state index < -0.39 is 10.8 Å². The Hall–Kier alpha value is -6.96. The molecule has 0 fully saturated rings. The van der Waals surface area contributed by atoms with E-state index in [9.17, 15) is 0 Å². The standard InChI is InChI=1S/C54H32O/c1-2-15-35-33(14-1)29-31-47-51(35)39-17-4-7-21-42(39)53(47)43-22-8-5-18-40(43)52-36(19-13-25-46(52)53)34-28-30-38-37-16-3-6-20-41(37)54(48(38)32-34)44-23-9-11-26-49(44)55-50-27-12-10-24-45(50)54/h1-32H. The van der Waals surface area contributed by atoms with Crippen molar-refractivity contribution in [3.63, 3.8) is 0 Å². The van der Waals surface area contributed by atoms with Gasteiger partial charge in [0.2, 0.25) is 0 Å². The highest BCUT2D eigenvalue weighted by molar-refractivity contribution is 6.07. The van der Waals surface area contributed by atoms with Gasteiger partial charge in [0.05, 0.1) is 10.8 Å². The molecular weight excluding hydrogens is 665 g/mol. The maximum atomic E-state index is 6.65. The molecule has 0 bridgehead atoms. The van der Waals surface area contributed by atoms with E-state index in [2.05, 4.69) is 194 Å². The summed E-state index contributed by atoms with van der Waals surface area (Å²) in [6, 6.07) is 72.4. The van der Waals surface area contributed by atoms with Crippen molar-refractivity contribution in [1.82, 2.24) is 0 Å². The first kappa shape index (κ1) is 29.5. The second-order valence-electron chi connectivity index (χ2n) is 15.4. The maximum Gasteiger partial charge on any atom is 0.132 e.